The van der Waals surface area contributed by atoms with E-state index >= 15 is 0 Å². The number of oxazole rings is 2. The molecule has 0 aliphatic carbocycles. The van der Waals surface area contributed by atoms with Gasteiger partial charge in [-0.15, -0.1) is 22.7 Å². The normalized spacial score (nSPS) is 13.5. The molecule has 0 amide bonds. The number of carbonyl (C=O) groups is 2. The Hall–Kier alpha value is -7.08. The number of fused-ring (bicyclic) bond motifs is 2. The zero-order valence-electron chi connectivity index (χ0n) is 40.6. The van der Waals surface area contributed by atoms with E-state index in [1.165, 1.54) is 84.4 Å². The molecule has 8 rings (SSSR count). The second-order valence-corrected chi connectivity index (χ2v) is 20.1. The van der Waals surface area contributed by atoms with Crippen LogP contribution in [0.15, 0.2) is 114 Å². The van der Waals surface area contributed by atoms with Crippen LogP contribution in [0.25, 0.3) is 42.0 Å². The van der Waals surface area contributed by atoms with Crippen LogP contribution in [0.5, 0.6) is 0 Å². The third kappa shape index (κ3) is 11.0. The summed E-state index contributed by atoms with van der Waals surface area (Å²) in [5, 5.41) is 39.8. The van der Waals surface area contributed by atoms with E-state index in [0.717, 1.165) is 20.3 Å². The van der Waals surface area contributed by atoms with E-state index in [1.807, 2.05) is 60.7 Å². The largest absolute Gasteiger partial charge is 0.480 e. The van der Waals surface area contributed by atoms with E-state index in [2.05, 4.69) is 9.97 Å². The van der Waals surface area contributed by atoms with Crippen LogP contribution < -0.4 is 22.5 Å². The molecule has 0 saturated carbocycles. The van der Waals surface area contributed by atoms with Crippen LogP contribution in [0.2, 0.25) is 0 Å². The van der Waals surface area contributed by atoms with E-state index in [-0.39, 0.29) is 44.5 Å². The van der Waals surface area contributed by atoms with Gasteiger partial charge in [0.15, 0.2) is 0 Å². The van der Waals surface area contributed by atoms with Gasteiger partial charge in [-0.1, -0.05) is 68.1 Å². The van der Waals surface area contributed by atoms with Crippen molar-refractivity contribution in [1.29, 1.82) is 0 Å². The van der Waals surface area contributed by atoms with Gasteiger partial charge >= 0.3 is 23.3 Å². The van der Waals surface area contributed by atoms with Gasteiger partial charge in [0.25, 0.3) is 11.1 Å². The molecule has 0 aliphatic rings. The summed E-state index contributed by atoms with van der Waals surface area (Å²) in [7, 11) is 0. The molecule has 6 aromatic heterocycles. The molecule has 388 valence electrons. The van der Waals surface area contributed by atoms with Crippen LogP contribution in [-0.2, 0) is 43.2 Å². The fourth-order valence-corrected chi connectivity index (χ4v) is 10.4. The third-order valence-corrected chi connectivity index (χ3v) is 14.6. The lowest BCUT2D eigenvalue weighted by Gasteiger charge is -2.25. The quantitative estimate of drug-likeness (QED) is 0.0678. The van der Waals surface area contributed by atoms with Crippen LogP contribution >= 0.6 is 22.7 Å². The second-order valence-electron chi connectivity index (χ2n) is 18.1. The number of thiophene rings is 2. The highest BCUT2D eigenvalue weighted by atomic mass is 32.1. The van der Waals surface area contributed by atoms with Crippen molar-refractivity contribution in [3.63, 3.8) is 0 Å². The third-order valence-electron chi connectivity index (χ3n) is 12.0. The minimum Gasteiger partial charge on any atom is -0.480 e. The Balaban J connectivity index is 0.000000235. The van der Waals surface area contributed by atoms with Gasteiger partial charge in [-0.2, -0.15) is 0 Å². The Bertz CT molecular complexity index is 3230. The van der Waals surface area contributed by atoms with Crippen molar-refractivity contribution >= 4 is 55.0 Å². The first-order valence-electron chi connectivity index (χ1n) is 22.6. The van der Waals surface area contributed by atoms with Crippen LogP contribution in [0, 0.1) is 13.8 Å². The number of rotatable bonds is 18. The number of aryl methyl sites for hydroxylation is 2. The highest BCUT2D eigenvalue weighted by Crippen LogP contribution is 2.38. The molecule has 0 spiro atoms. The average Bonchev–Trinajstić information content (AvgIpc) is 4.17. The van der Waals surface area contributed by atoms with E-state index in [0.29, 0.717) is 42.3 Å². The molecule has 2 aromatic carbocycles. The standard InChI is InChI=1S/2C25H27N3O7S.CH4/c2*1-14(29)13-35-17(16-8-6-5-7-9-16)12-27-22-18(15(2)19(36-22)20-26-10-11-34-20)21(30)28(24(27)33)25(3,4)23(31)32;/h2*5-11,14,17,29H,12-13H2,1-4H3,(H,31,32);1H4/t14-,17+;14-,17-;/m10./s1. The molecule has 0 unspecified atom stereocenters. The number of hydrogen-bond donors (Lipinski definition) is 4. The van der Waals surface area contributed by atoms with Crippen LogP contribution in [0.3, 0.4) is 0 Å². The molecule has 73 heavy (non-hydrogen) atoms. The van der Waals surface area contributed by atoms with Crippen LogP contribution in [-0.4, -0.2) is 86.0 Å². The number of benzene rings is 2. The molecule has 4 atom stereocenters. The Kier molecular flexibility index (Phi) is 16.9. The van der Waals surface area contributed by atoms with Crippen LogP contribution in [0.1, 0.15) is 83.4 Å². The number of aromatic nitrogens is 6. The van der Waals surface area contributed by atoms with Gasteiger partial charge in [0.1, 0.15) is 45.5 Å². The monoisotopic (exact) mass is 1040 g/mol. The van der Waals surface area contributed by atoms with Crippen molar-refractivity contribution < 1.29 is 48.3 Å². The summed E-state index contributed by atoms with van der Waals surface area (Å²) in [6.07, 6.45) is 2.98. The summed E-state index contributed by atoms with van der Waals surface area (Å²) in [4.78, 5) is 89.2. The number of carboxylic acid groups (broad SMARTS) is 2. The lowest BCUT2D eigenvalue weighted by atomic mass is 10.1. The van der Waals surface area contributed by atoms with Crippen molar-refractivity contribution in [2.45, 2.75) is 111 Å². The summed E-state index contributed by atoms with van der Waals surface area (Å²) in [6.45, 7) is 11.8. The molecule has 0 bridgehead atoms. The molecule has 0 aliphatic heterocycles. The maximum absolute atomic E-state index is 13.8. The topological polar surface area (TPSA) is 274 Å². The number of hydrogen-bond acceptors (Lipinski definition) is 16. The Morgan fingerprint density at radius 2 is 0.973 bits per heavy atom. The zero-order valence-corrected chi connectivity index (χ0v) is 42.2. The molecular weight excluding hydrogens is 985 g/mol. The van der Waals surface area contributed by atoms with Gasteiger partial charge in [-0.05, 0) is 77.6 Å². The summed E-state index contributed by atoms with van der Waals surface area (Å²) in [6, 6.07) is 18.4. The zero-order chi connectivity index (χ0) is 52.4. The number of aliphatic carboxylic acids is 2. The predicted octanol–water partition coefficient (Wildman–Crippen LogP) is 6.93. The van der Waals surface area contributed by atoms with Crippen molar-refractivity contribution in [2.24, 2.45) is 0 Å². The number of aliphatic hydroxyl groups is 2. The summed E-state index contributed by atoms with van der Waals surface area (Å²) >= 11 is 2.33. The summed E-state index contributed by atoms with van der Waals surface area (Å²) in [5.74, 6) is -2.06. The molecule has 8 aromatic rings. The number of nitrogens with zero attached hydrogens (tertiary/aromatic N) is 6. The molecule has 20 nitrogen and oxygen atoms in total. The minimum absolute atomic E-state index is 0. The average molecular weight is 1040 g/mol. The highest BCUT2D eigenvalue weighted by Gasteiger charge is 2.38. The maximum Gasteiger partial charge on any atom is 0.333 e. The second kappa shape index (κ2) is 22.4. The maximum atomic E-state index is 13.8. The first-order chi connectivity index (χ1) is 34.1. The van der Waals surface area contributed by atoms with Crippen molar-refractivity contribution in [2.75, 3.05) is 13.2 Å². The van der Waals surface area contributed by atoms with E-state index in [4.69, 9.17) is 18.3 Å². The van der Waals surface area contributed by atoms with Crippen molar-refractivity contribution in [3.8, 4) is 21.5 Å². The molecular formula is C51H58N6O14S2. The number of carboxylic acids is 2. The van der Waals surface area contributed by atoms with E-state index in [9.17, 15) is 49.2 Å². The smallest absolute Gasteiger partial charge is 0.333 e. The van der Waals surface area contributed by atoms with Crippen molar-refractivity contribution in [3.05, 3.63) is 150 Å². The molecule has 0 fully saturated rings. The fraction of sp³-hybridized carbons (Fsp3) is 0.373. The van der Waals surface area contributed by atoms with Gasteiger partial charge in [0.2, 0.25) is 11.8 Å². The first-order valence-corrected chi connectivity index (χ1v) is 24.3. The van der Waals surface area contributed by atoms with E-state index in [1.54, 1.807) is 27.7 Å². The van der Waals surface area contributed by atoms with Crippen molar-refractivity contribution in [1.82, 2.24) is 28.2 Å². The highest BCUT2D eigenvalue weighted by molar-refractivity contribution is 7.22. The number of aliphatic hydroxyl groups excluding tert-OH is 2. The molecule has 0 radical (unpaired) electrons. The van der Waals surface area contributed by atoms with Gasteiger partial charge in [-0.3, -0.25) is 18.7 Å². The molecule has 6 heterocycles. The lowest BCUT2D eigenvalue weighted by Crippen LogP contribution is -2.52. The van der Waals surface area contributed by atoms with Crippen LogP contribution in [0.4, 0.5) is 0 Å². The van der Waals surface area contributed by atoms with Gasteiger partial charge in [0.05, 0.1) is 71.4 Å². The summed E-state index contributed by atoms with van der Waals surface area (Å²) in [5.41, 5.74) is -4.00. The summed E-state index contributed by atoms with van der Waals surface area (Å²) < 4.78 is 27.1. The van der Waals surface area contributed by atoms with Gasteiger partial charge in [0, 0.05) is 0 Å². The van der Waals surface area contributed by atoms with Gasteiger partial charge in [-0.25, -0.2) is 38.3 Å². The Morgan fingerprint density at radius 3 is 1.26 bits per heavy atom. The molecule has 22 heteroatoms. The Morgan fingerprint density at radius 1 is 0.630 bits per heavy atom. The molecule has 4 N–H and O–H groups in total. The predicted molar refractivity (Wildman–Crippen MR) is 275 cm³/mol. The molecule has 0 saturated heterocycles. The number of ether oxygens (including phenoxy) is 2. The first kappa shape index (κ1) is 55.2. The Labute approximate surface area is 425 Å². The lowest BCUT2D eigenvalue weighted by molar-refractivity contribution is -0.146. The van der Waals surface area contributed by atoms with E-state index < -0.39 is 69.9 Å². The fourth-order valence-electron chi connectivity index (χ4n) is 7.96. The van der Waals surface area contributed by atoms with Gasteiger partial charge < -0.3 is 38.7 Å². The SMILES string of the molecule is C.Cc1c(-c2ncco2)sc2c1c(=O)n(C(C)(C)C(=O)O)c(=O)n2C[C@H](OC[C@@H](C)O)c1ccccc1.Cc1c(-c2ncco2)sc2c1c(=O)n(C(C)(C)C(=O)O)c(=O)n2C[C@H](OC[C@H](C)O)c1ccccc1. The minimum atomic E-state index is -1.82.